The van der Waals surface area contributed by atoms with E-state index >= 15 is 0 Å². The SMILES string of the molecule is Cc1nc2c(F)cc(-c3nc(Nc4ccc([C@@H](C)N5CCC5)cn4)ncc3F)cc2n1C(C)C. The van der Waals surface area contributed by atoms with Gasteiger partial charge < -0.3 is 9.88 Å². The third kappa shape index (κ3) is 4.00. The molecular weight excluding hydrogens is 436 g/mol. The van der Waals surface area contributed by atoms with Crippen LogP contribution in [0.5, 0.6) is 0 Å². The molecule has 1 fully saturated rings. The van der Waals surface area contributed by atoms with Crippen molar-refractivity contribution in [1.82, 2.24) is 29.4 Å². The van der Waals surface area contributed by atoms with Crippen LogP contribution in [0.1, 0.15) is 50.7 Å². The fourth-order valence-corrected chi connectivity index (χ4v) is 4.47. The first kappa shape index (κ1) is 22.3. The number of hydrogen-bond donors (Lipinski definition) is 1. The summed E-state index contributed by atoms with van der Waals surface area (Å²) < 4.78 is 31.5. The molecule has 3 aromatic heterocycles. The molecule has 0 radical (unpaired) electrons. The lowest BCUT2D eigenvalue weighted by atomic mass is 10.1. The van der Waals surface area contributed by atoms with Crippen molar-refractivity contribution in [3.8, 4) is 11.3 Å². The zero-order chi connectivity index (χ0) is 24.0. The Bertz CT molecular complexity index is 1340. The largest absolute Gasteiger partial charge is 0.326 e. The summed E-state index contributed by atoms with van der Waals surface area (Å²) in [6.07, 6.45) is 4.14. The Morgan fingerprint density at radius 3 is 2.41 bits per heavy atom. The summed E-state index contributed by atoms with van der Waals surface area (Å²) in [5, 5.41) is 3.03. The molecule has 0 spiro atoms. The van der Waals surface area contributed by atoms with Gasteiger partial charge in [0, 0.05) is 23.8 Å². The minimum absolute atomic E-state index is 0.00971. The highest BCUT2D eigenvalue weighted by atomic mass is 19.1. The summed E-state index contributed by atoms with van der Waals surface area (Å²) in [4.78, 5) is 19.6. The zero-order valence-corrected chi connectivity index (χ0v) is 19.7. The molecule has 4 aromatic rings. The van der Waals surface area contributed by atoms with E-state index in [4.69, 9.17) is 0 Å². The molecule has 1 aromatic carbocycles. The molecule has 1 saturated heterocycles. The normalized spacial score (nSPS) is 15.0. The number of likely N-dealkylation sites (tertiary alicyclic amines) is 1. The standard InChI is InChI=1S/C25H27F2N7/c1-14(2)34-16(4)30-24-19(26)10-18(11-21(24)34)23-20(27)13-29-25(32-23)31-22-7-6-17(12-28-22)15(3)33-8-5-9-33/h6-7,10-15H,5,8-9H2,1-4H3,(H,28,29,31,32)/t15-/m1/s1. The van der Waals surface area contributed by atoms with Gasteiger partial charge >= 0.3 is 0 Å². The van der Waals surface area contributed by atoms with Crippen LogP contribution in [0.15, 0.2) is 36.7 Å². The second kappa shape index (κ2) is 8.72. The highest BCUT2D eigenvalue weighted by Gasteiger charge is 2.22. The van der Waals surface area contributed by atoms with E-state index in [0.29, 0.717) is 28.8 Å². The van der Waals surface area contributed by atoms with Crippen LogP contribution in [0.3, 0.4) is 0 Å². The number of rotatable bonds is 6. The van der Waals surface area contributed by atoms with E-state index in [-0.39, 0.29) is 23.2 Å². The summed E-state index contributed by atoms with van der Waals surface area (Å²) in [6, 6.07) is 7.24. The van der Waals surface area contributed by atoms with Crippen molar-refractivity contribution in [2.75, 3.05) is 18.4 Å². The van der Waals surface area contributed by atoms with Crippen LogP contribution >= 0.6 is 0 Å². The molecule has 1 N–H and O–H groups in total. The van der Waals surface area contributed by atoms with Crippen molar-refractivity contribution >= 4 is 22.8 Å². The number of imidazole rings is 1. The molecule has 5 rings (SSSR count). The Morgan fingerprint density at radius 2 is 1.76 bits per heavy atom. The second-order valence-corrected chi connectivity index (χ2v) is 9.01. The van der Waals surface area contributed by atoms with E-state index in [0.717, 1.165) is 24.8 Å². The Labute approximate surface area is 196 Å². The van der Waals surface area contributed by atoms with Crippen molar-refractivity contribution < 1.29 is 8.78 Å². The Hall–Kier alpha value is -3.46. The first-order valence-electron chi connectivity index (χ1n) is 11.5. The Balaban J connectivity index is 1.45. The molecule has 7 nitrogen and oxygen atoms in total. The number of benzene rings is 1. The lowest BCUT2D eigenvalue weighted by molar-refractivity contribution is 0.128. The van der Waals surface area contributed by atoms with Crippen molar-refractivity contribution in [3.63, 3.8) is 0 Å². The summed E-state index contributed by atoms with van der Waals surface area (Å²) in [5.74, 6) is 0.276. The molecule has 0 aliphatic carbocycles. The van der Waals surface area contributed by atoms with Crippen LogP contribution in [0, 0.1) is 18.6 Å². The number of aromatic nitrogens is 5. The van der Waals surface area contributed by atoms with Gasteiger partial charge in [0.2, 0.25) is 5.95 Å². The van der Waals surface area contributed by atoms with Crippen LogP contribution in [0.2, 0.25) is 0 Å². The number of pyridine rings is 1. The van der Waals surface area contributed by atoms with Gasteiger partial charge in [-0.2, -0.15) is 0 Å². The summed E-state index contributed by atoms with van der Waals surface area (Å²) in [6.45, 7) is 10.2. The van der Waals surface area contributed by atoms with Gasteiger partial charge in [-0.15, -0.1) is 0 Å². The van der Waals surface area contributed by atoms with E-state index in [1.807, 2.05) is 43.7 Å². The number of hydrogen-bond acceptors (Lipinski definition) is 6. The first-order valence-corrected chi connectivity index (χ1v) is 11.5. The van der Waals surface area contributed by atoms with Crippen LogP contribution < -0.4 is 5.32 Å². The number of nitrogens with one attached hydrogen (secondary N) is 1. The van der Waals surface area contributed by atoms with E-state index in [1.54, 1.807) is 6.07 Å². The van der Waals surface area contributed by atoms with Crippen molar-refractivity contribution in [3.05, 3.63) is 59.7 Å². The van der Waals surface area contributed by atoms with E-state index in [9.17, 15) is 8.78 Å². The van der Waals surface area contributed by atoms with Crippen molar-refractivity contribution in [2.24, 2.45) is 0 Å². The fraction of sp³-hybridized carbons (Fsp3) is 0.360. The van der Waals surface area contributed by atoms with Gasteiger partial charge in [-0.3, -0.25) is 4.90 Å². The van der Waals surface area contributed by atoms with E-state index in [1.165, 1.54) is 12.5 Å². The van der Waals surface area contributed by atoms with Gasteiger partial charge in [-0.25, -0.2) is 28.7 Å². The number of aryl methyl sites for hydroxylation is 1. The summed E-state index contributed by atoms with van der Waals surface area (Å²) in [5.41, 5.74) is 2.33. The molecule has 4 heterocycles. The van der Waals surface area contributed by atoms with Gasteiger partial charge in [0.1, 0.15) is 22.9 Å². The molecule has 1 aliphatic heterocycles. The predicted molar refractivity (Wildman–Crippen MR) is 128 cm³/mol. The second-order valence-electron chi connectivity index (χ2n) is 9.01. The van der Waals surface area contributed by atoms with Gasteiger partial charge in [0.05, 0.1) is 11.7 Å². The van der Waals surface area contributed by atoms with Gasteiger partial charge in [0.15, 0.2) is 11.6 Å². The van der Waals surface area contributed by atoms with Crippen LogP contribution in [-0.2, 0) is 0 Å². The summed E-state index contributed by atoms with van der Waals surface area (Å²) in [7, 11) is 0. The molecule has 9 heteroatoms. The van der Waals surface area contributed by atoms with E-state index in [2.05, 4.69) is 37.1 Å². The minimum Gasteiger partial charge on any atom is -0.326 e. The fourth-order valence-electron chi connectivity index (χ4n) is 4.47. The molecule has 0 bridgehead atoms. The number of halogens is 2. The number of anilines is 2. The molecule has 34 heavy (non-hydrogen) atoms. The van der Waals surface area contributed by atoms with Crippen LogP contribution in [0.4, 0.5) is 20.5 Å². The molecular formula is C25H27F2N7. The molecule has 0 amide bonds. The average Bonchev–Trinajstić information content (AvgIpc) is 3.11. The highest BCUT2D eigenvalue weighted by molar-refractivity contribution is 5.83. The highest BCUT2D eigenvalue weighted by Crippen LogP contribution is 2.31. The lowest BCUT2D eigenvalue weighted by Crippen LogP contribution is -2.39. The maximum absolute atomic E-state index is 14.9. The number of nitrogens with zero attached hydrogens (tertiary/aromatic N) is 6. The van der Waals surface area contributed by atoms with Gasteiger partial charge in [-0.05, 0) is 71.0 Å². The molecule has 1 atom stereocenters. The average molecular weight is 464 g/mol. The quantitative estimate of drug-likeness (QED) is 0.403. The maximum atomic E-state index is 14.9. The lowest BCUT2D eigenvalue weighted by Gasteiger charge is -2.36. The third-order valence-corrected chi connectivity index (χ3v) is 6.41. The van der Waals surface area contributed by atoms with Crippen molar-refractivity contribution in [2.45, 2.75) is 46.2 Å². The van der Waals surface area contributed by atoms with Crippen molar-refractivity contribution in [1.29, 1.82) is 0 Å². The third-order valence-electron chi connectivity index (χ3n) is 6.41. The molecule has 176 valence electrons. The Morgan fingerprint density at radius 1 is 0.971 bits per heavy atom. The topological polar surface area (TPSA) is 71.8 Å². The number of fused-ring (bicyclic) bond motifs is 1. The van der Waals surface area contributed by atoms with Crippen LogP contribution in [-0.4, -0.2) is 42.5 Å². The smallest absolute Gasteiger partial charge is 0.229 e. The van der Waals surface area contributed by atoms with E-state index < -0.39 is 11.6 Å². The molecule has 1 aliphatic rings. The summed E-state index contributed by atoms with van der Waals surface area (Å²) >= 11 is 0. The maximum Gasteiger partial charge on any atom is 0.229 e. The Kier molecular flexibility index (Phi) is 5.73. The molecule has 0 unspecified atom stereocenters. The van der Waals surface area contributed by atoms with Gasteiger partial charge in [0.25, 0.3) is 0 Å². The zero-order valence-electron chi connectivity index (χ0n) is 19.7. The predicted octanol–water partition coefficient (Wildman–Crippen LogP) is 5.57. The molecule has 0 saturated carbocycles. The van der Waals surface area contributed by atoms with Crippen LogP contribution in [0.25, 0.3) is 22.3 Å². The van der Waals surface area contributed by atoms with Gasteiger partial charge in [-0.1, -0.05) is 6.07 Å². The first-order chi connectivity index (χ1) is 16.3. The monoisotopic (exact) mass is 463 g/mol. The minimum atomic E-state index is -0.636.